The van der Waals surface area contributed by atoms with Gasteiger partial charge in [0.15, 0.2) is 0 Å². The zero-order valence-corrected chi connectivity index (χ0v) is 11.8. The molecule has 1 atom stereocenters. The van der Waals surface area contributed by atoms with Gasteiger partial charge in [-0.2, -0.15) is 0 Å². The first kappa shape index (κ1) is 12.9. The van der Waals surface area contributed by atoms with Crippen molar-refractivity contribution in [1.29, 1.82) is 0 Å². The first-order valence-electron chi connectivity index (χ1n) is 6.39. The maximum atomic E-state index is 6.19. The molecule has 0 aromatic heterocycles. The highest BCUT2D eigenvalue weighted by atomic mass is 35.5. The quantitative estimate of drug-likeness (QED) is 0.837. The number of nitrogens with zero attached hydrogens (tertiary/aromatic N) is 2. The molecule has 20 heavy (non-hydrogen) atoms. The van der Waals surface area contributed by atoms with E-state index in [-0.39, 0.29) is 5.92 Å². The van der Waals surface area contributed by atoms with Gasteiger partial charge in [0.05, 0.1) is 17.3 Å². The highest BCUT2D eigenvalue weighted by Gasteiger charge is 2.22. The number of hydrogen-bond donors (Lipinski definition) is 1. The molecule has 0 saturated carbocycles. The number of amidine groups is 1. The van der Waals surface area contributed by atoms with E-state index in [1.807, 2.05) is 55.5 Å². The van der Waals surface area contributed by atoms with Crippen LogP contribution in [0.4, 0.5) is 11.4 Å². The standard InChI is InChI=1S/C16H14ClN3/c1-10-15(11-6-8-12(17)9-7-11)16(18)20-14-5-3-2-4-13(14)19-10/h2-9,15H,1H3,(H2,18,20)/t15-/m1/s1. The Morgan fingerprint density at radius 2 is 1.55 bits per heavy atom. The van der Waals surface area contributed by atoms with Crippen LogP contribution >= 0.6 is 11.6 Å². The number of halogens is 1. The highest BCUT2D eigenvalue weighted by Crippen LogP contribution is 2.33. The van der Waals surface area contributed by atoms with Crippen molar-refractivity contribution < 1.29 is 0 Å². The Morgan fingerprint density at radius 3 is 2.20 bits per heavy atom. The molecule has 0 spiro atoms. The number of benzene rings is 2. The van der Waals surface area contributed by atoms with Crippen LogP contribution in [0.3, 0.4) is 0 Å². The molecular formula is C16H14ClN3. The number of nitrogens with two attached hydrogens (primary N) is 1. The lowest BCUT2D eigenvalue weighted by Crippen LogP contribution is -2.26. The average Bonchev–Trinajstić information content (AvgIpc) is 2.55. The Balaban J connectivity index is 2.12. The third-order valence-electron chi connectivity index (χ3n) is 3.34. The van der Waals surface area contributed by atoms with Crippen LogP contribution in [0.15, 0.2) is 58.5 Å². The molecule has 1 aliphatic heterocycles. The van der Waals surface area contributed by atoms with Gasteiger partial charge in [0.25, 0.3) is 0 Å². The summed E-state index contributed by atoms with van der Waals surface area (Å²) in [7, 11) is 0. The normalized spacial score (nSPS) is 17.8. The fourth-order valence-electron chi connectivity index (χ4n) is 2.39. The SMILES string of the molecule is CC1=Nc2ccccc2N=C(N)[C@H]1c1ccc(Cl)cc1. The maximum Gasteiger partial charge on any atom is 0.113 e. The molecule has 0 bridgehead atoms. The molecule has 0 fully saturated rings. The van der Waals surface area contributed by atoms with Crippen molar-refractivity contribution in [3.63, 3.8) is 0 Å². The average molecular weight is 284 g/mol. The molecule has 2 aromatic carbocycles. The van der Waals surface area contributed by atoms with Gasteiger partial charge in [-0.1, -0.05) is 35.9 Å². The van der Waals surface area contributed by atoms with Crippen molar-refractivity contribution in [2.24, 2.45) is 15.7 Å². The van der Waals surface area contributed by atoms with E-state index in [0.717, 1.165) is 22.6 Å². The largest absolute Gasteiger partial charge is 0.386 e. The smallest absolute Gasteiger partial charge is 0.113 e. The number of fused-ring (bicyclic) bond motifs is 1. The first-order valence-corrected chi connectivity index (χ1v) is 6.76. The minimum Gasteiger partial charge on any atom is -0.386 e. The topological polar surface area (TPSA) is 50.7 Å². The predicted molar refractivity (Wildman–Crippen MR) is 84.7 cm³/mol. The van der Waals surface area contributed by atoms with Gasteiger partial charge in [0.1, 0.15) is 5.84 Å². The number of hydrogen-bond acceptors (Lipinski definition) is 3. The molecule has 1 aliphatic rings. The molecule has 100 valence electrons. The second-order valence-corrected chi connectivity index (χ2v) is 5.20. The molecular weight excluding hydrogens is 270 g/mol. The lowest BCUT2D eigenvalue weighted by molar-refractivity contribution is 1.16. The maximum absolute atomic E-state index is 6.19. The summed E-state index contributed by atoms with van der Waals surface area (Å²) in [5.41, 5.74) is 9.82. The fraction of sp³-hybridized carbons (Fsp3) is 0.125. The van der Waals surface area contributed by atoms with Crippen LogP contribution in [0.25, 0.3) is 0 Å². The zero-order chi connectivity index (χ0) is 14.1. The van der Waals surface area contributed by atoms with E-state index < -0.39 is 0 Å². The van der Waals surface area contributed by atoms with Crippen LogP contribution in [0, 0.1) is 0 Å². The Kier molecular flexibility index (Phi) is 3.28. The highest BCUT2D eigenvalue weighted by molar-refractivity contribution is 6.30. The summed E-state index contributed by atoms with van der Waals surface area (Å²) < 4.78 is 0. The van der Waals surface area contributed by atoms with Crippen molar-refractivity contribution >= 4 is 34.5 Å². The summed E-state index contributed by atoms with van der Waals surface area (Å²) in [5, 5.41) is 0.704. The van der Waals surface area contributed by atoms with Gasteiger partial charge >= 0.3 is 0 Å². The lowest BCUT2D eigenvalue weighted by atomic mass is 9.94. The van der Waals surface area contributed by atoms with E-state index in [2.05, 4.69) is 9.98 Å². The van der Waals surface area contributed by atoms with Crippen molar-refractivity contribution in [3.05, 3.63) is 59.1 Å². The van der Waals surface area contributed by atoms with E-state index in [9.17, 15) is 0 Å². The van der Waals surface area contributed by atoms with Crippen molar-refractivity contribution in [3.8, 4) is 0 Å². The van der Waals surface area contributed by atoms with Crippen LogP contribution in [0.5, 0.6) is 0 Å². The summed E-state index contributed by atoms with van der Waals surface area (Å²) in [4.78, 5) is 9.18. The minimum atomic E-state index is -0.111. The first-order chi connectivity index (χ1) is 9.65. The molecule has 0 radical (unpaired) electrons. The van der Waals surface area contributed by atoms with Gasteiger partial charge in [-0.15, -0.1) is 0 Å². The number of rotatable bonds is 1. The third kappa shape index (κ3) is 2.32. The molecule has 3 rings (SSSR count). The minimum absolute atomic E-state index is 0.111. The van der Waals surface area contributed by atoms with Gasteiger partial charge in [-0.25, -0.2) is 4.99 Å². The summed E-state index contributed by atoms with van der Waals surface area (Å²) in [6, 6.07) is 15.4. The van der Waals surface area contributed by atoms with E-state index in [1.165, 1.54) is 0 Å². The fourth-order valence-corrected chi connectivity index (χ4v) is 2.52. The van der Waals surface area contributed by atoms with Gasteiger partial charge in [-0.3, -0.25) is 4.99 Å². The van der Waals surface area contributed by atoms with Crippen LogP contribution in [-0.4, -0.2) is 11.5 Å². The van der Waals surface area contributed by atoms with Gasteiger partial charge < -0.3 is 5.73 Å². The van der Waals surface area contributed by atoms with Crippen molar-refractivity contribution in [2.75, 3.05) is 0 Å². The number of para-hydroxylation sites is 2. The molecule has 1 heterocycles. The molecule has 0 amide bonds. The van der Waals surface area contributed by atoms with Gasteiger partial charge in [-0.05, 0) is 36.8 Å². The second-order valence-electron chi connectivity index (χ2n) is 4.76. The van der Waals surface area contributed by atoms with Crippen LogP contribution in [0.2, 0.25) is 5.02 Å². The van der Waals surface area contributed by atoms with Crippen LogP contribution in [0.1, 0.15) is 18.4 Å². The molecule has 2 N–H and O–H groups in total. The third-order valence-corrected chi connectivity index (χ3v) is 3.60. The molecule has 4 heteroatoms. The summed E-state index contributed by atoms with van der Waals surface area (Å²) >= 11 is 5.94. The van der Waals surface area contributed by atoms with Crippen molar-refractivity contribution in [2.45, 2.75) is 12.8 Å². The van der Waals surface area contributed by atoms with Gasteiger partial charge in [0.2, 0.25) is 0 Å². The summed E-state index contributed by atoms with van der Waals surface area (Å²) in [6.45, 7) is 1.98. The molecule has 2 aromatic rings. The van der Waals surface area contributed by atoms with E-state index in [1.54, 1.807) is 0 Å². The Hall–Kier alpha value is -2.13. The zero-order valence-electron chi connectivity index (χ0n) is 11.0. The van der Waals surface area contributed by atoms with Crippen LogP contribution in [-0.2, 0) is 0 Å². The second kappa shape index (κ2) is 5.10. The molecule has 0 unspecified atom stereocenters. The summed E-state index contributed by atoms with van der Waals surface area (Å²) in [5.74, 6) is 0.443. The predicted octanol–water partition coefficient (Wildman–Crippen LogP) is 4.22. The molecule has 3 nitrogen and oxygen atoms in total. The Labute approximate surface area is 122 Å². The van der Waals surface area contributed by atoms with E-state index in [4.69, 9.17) is 17.3 Å². The van der Waals surface area contributed by atoms with Crippen molar-refractivity contribution in [1.82, 2.24) is 0 Å². The van der Waals surface area contributed by atoms with E-state index >= 15 is 0 Å². The monoisotopic (exact) mass is 283 g/mol. The molecule has 0 saturated heterocycles. The lowest BCUT2D eigenvalue weighted by Gasteiger charge is -2.15. The number of aliphatic imine (C=N–C) groups is 2. The van der Waals surface area contributed by atoms with Gasteiger partial charge in [0, 0.05) is 10.7 Å². The summed E-state index contributed by atoms with van der Waals surface area (Å²) in [6.07, 6.45) is 0. The van der Waals surface area contributed by atoms with Crippen LogP contribution < -0.4 is 5.73 Å². The van der Waals surface area contributed by atoms with E-state index in [0.29, 0.717) is 10.9 Å². The Bertz CT molecular complexity index is 663. The Morgan fingerprint density at radius 1 is 0.950 bits per heavy atom. The molecule has 0 aliphatic carbocycles.